The van der Waals surface area contributed by atoms with Gasteiger partial charge in [-0.05, 0) is 23.3 Å². The molecule has 3 aromatic carbocycles. The average molecular weight is 437 g/mol. The summed E-state index contributed by atoms with van der Waals surface area (Å²) in [5.41, 5.74) is 0.824. The molecule has 2 N–H and O–H groups in total. The topological polar surface area (TPSA) is 111 Å². The molecular weight excluding hydrogens is 417 g/mol. The first-order chi connectivity index (χ1) is 15.4. The fourth-order valence-electron chi connectivity index (χ4n) is 2.93. The zero-order valence-electron chi connectivity index (χ0n) is 16.9. The van der Waals surface area contributed by atoms with Crippen LogP contribution in [0.15, 0.2) is 78.9 Å². The molecule has 0 aliphatic rings. The number of amides is 2. The molecule has 3 rings (SSSR count). The van der Waals surface area contributed by atoms with Crippen LogP contribution in [0, 0.1) is 15.9 Å². The van der Waals surface area contributed by atoms with Crippen molar-refractivity contribution in [2.24, 2.45) is 0 Å². The molecule has 2 amide bonds. The number of anilines is 1. The fourth-order valence-corrected chi connectivity index (χ4v) is 2.93. The summed E-state index contributed by atoms with van der Waals surface area (Å²) in [5, 5.41) is 16.0. The van der Waals surface area contributed by atoms with Crippen molar-refractivity contribution in [3.63, 3.8) is 0 Å². The van der Waals surface area contributed by atoms with E-state index in [0.717, 1.165) is 23.3 Å². The Bertz CT molecular complexity index is 1090. The van der Waals surface area contributed by atoms with Crippen LogP contribution in [-0.4, -0.2) is 23.0 Å². The summed E-state index contributed by atoms with van der Waals surface area (Å²) in [6.45, 7) is 0.0243. The van der Waals surface area contributed by atoms with Gasteiger partial charge in [-0.2, -0.15) is 4.39 Å². The lowest BCUT2D eigenvalue weighted by Gasteiger charge is -2.18. The van der Waals surface area contributed by atoms with Crippen molar-refractivity contribution in [1.29, 1.82) is 0 Å². The van der Waals surface area contributed by atoms with Crippen molar-refractivity contribution in [2.75, 3.05) is 5.32 Å². The predicted octanol–water partition coefficient (Wildman–Crippen LogP) is 4.21. The van der Waals surface area contributed by atoms with E-state index in [0.29, 0.717) is 0 Å². The second-order valence-electron chi connectivity index (χ2n) is 6.86. The van der Waals surface area contributed by atoms with Crippen molar-refractivity contribution >= 4 is 23.4 Å². The van der Waals surface area contributed by atoms with Crippen LogP contribution in [0.25, 0.3) is 0 Å². The number of benzene rings is 3. The van der Waals surface area contributed by atoms with Crippen LogP contribution in [0.3, 0.4) is 0 Å². The van der Waals surface area contributed by atoms with Crippen LogP contribution in [0.1, 0.15) is 11.1 Å². The van der Waals surface area contributed by atoms with Crippen molar-refractivity contribution in [2.45, 2.75) is 19.1 Å². The summed E-state index contributed by atoms with van der Waals surface area (Å²) < 4.78 is 18.8. The van der Waals surface area contributed by atoms with Crippen LogP contribution >= 0.6 is 0 Å². The van der Waals surface area contributed by atoms with E-state index in [2.05, 4.69) is 10.6 Å². The van der Waals surface area contributed by atoms with Gasteiger partial charge in [-0.1, -0.05) is 60.7 Å². The van der Waals surface area contributed by atoms with Gasteiger partial charge in [0.25, 0.3) is 0 Å². The zero-order chi connectivity index (χ0) is 22.9. The summed E-state index contributed by atoms with van der Waals surface area (Å²) in [7, 11) is 0. The highest BCUT2D eigenvalue weighted by atomic mass is 19.1. The van der Waals surface area contributed by atoms with Crippen molar-refractivity contribution in [3.05, 3.63) is 106 Å². The van der Waals surface area contributed by atoms with Crippen molar-refractivity contribution in [1.82, 2.24) is 5.32 Å². The Morgan fingerprint density at radius 1 is 0.969 bits per heavy atom. The number of carbonyl (C=O) groups excluding carboxylic acids is 2. The largest absolute Gasteiger partial charge is 0.445 e. The summed E-state index contributed by atoms with van der Waals surface area (Å²) in [5.74, 6) is -1.65. The number of hydrogen-bond acceptors (Lipinski definition) is 5. The molecule has 0 unspecified atom stereocenters. The standard InChI is InChI=1S/C23H20FN3O5/c24-19-12-11-18(14-21(19)27(30)31)25-22(28)20(13-16-7-3-1-4-8-16)26-23(29)32-15-17-9-5-2-6-10-17/h1-12,14,20H,13,15H2,(H,25,28)(H,26,29)/t20-/m1/s1. The lowest BCUT2D eigenvalue weighted by molar-refractivity contribution is -0.387. The lowest BCUT2D eigenvalue weighted by Crippen LogP contribution is -2.45. The number of nitro benzene ring substituents is 1. The molecule has 9 heteroatoms. The maximum atomic E-state index is 13.6. The van der Waals surface area contributed by atoms with E-state index in [1.165, 1.54) is 6.07 Å². The Morgan fingerprint density at radius 3 is 2.22 bits per heavy atom. The van der Waals surface area contributed by atoms with E-state index in [9.17, 15) is 24.1 Å². The van der Waals surface area contributed by atoms with E-state index in [1.54, 1.807) is 36.4 Å². The Hall–Kier alpha value is -4.27. The predicted molar refractivity (Wildman–Crippen MR) is 115 cm³/mol. The first-order valence-corrected chi connectivity index (χ1v) is 9.68. The molecule has 8 nitrogen and oxygen atoms in total. The van der Waals surface area contributed by atoms with Crippen molar-refractivity contribution in [3.8, 4) is 0 Å². The van der Waals surface area contributed by atoms with Gasteiger partial charge in [0.2, 0.25) is 11.7 Å². The van der Waals surface area contributed by atoms with E-state index >= 15 is 0 Å². The molecule has 32 heavy (non-hydrogen) atoms. The molecule has 0 radical (unpaired) electrons. The number of nitrogens with one attached hydrogen (secondary N) is 2. The van der Waals surface area contributed by atoms with E-state index in [4.69, 9.17) is 4.74 Å². The van der Waals surface area contributed by atoms with Crippen LogP contribution < -0.4 is 10.6 Å². The Balaban J connectivity index is 1.71. The first-order valence-electron chi connectivity index (χ1n) is 9.68. The molecule has 0 heterocycles. The number of halogens is 1. The van der Waals surface area contributed by atoms with E-state index in [-0.39, 0.29) is 18.7 Å². The minimum absolute atomic E-state index is 0.0243. The molecule has 0 aromatic heterocycles. The van der Waals surface area contributed by atoms with Gasteiger partial charge >= 0.3 is 11.8 Å². The molecule has 0 bridgehead atoms. The monoisotopic (exact) mass is 437 g/mol. The normalized spacial score (nSPS) is 11.3. The average Bonchev–Trinajstić information content (AvgIpc) is 2.79. The Labute approximate surface area is 183 Å². The number of rotatable bonds is 8. The number of hydrogen-bond donors (Lipinski definition) is 2. The third-order valence-corrected chi connectivity index (χ3v) is 4.51. The molecule has 0 aliphatic heterocycles. The Morgan fingerprint density at radius 2 is 1.59 bits per heavy atom. The molecule has 0 saturated heterocycles. The molecule has 0 fully saturated rings. The minimum atomic E-state index is -1.04. The third kappa shape index (κ3) is 6.36. The van der Waals surface area contributed by atoms with Crippen LogP contribution in [0.5, 0.6) is 0 Å². The van der Waals surface area contributed by atoms with Crippen LogP contribution in [-0.2, 0) is 22.6 Å². The number of ether oxygens (including phenoxy) is 1. The van der Waals surface area contributed by atoms with Crippen LogP contribution in [0.2, 0.25) is 0 Å². The van der Waals surface area contributed by atoms with Crippen molar-refractivity contribution < 1.29 is 23.6 Å². The smallest absolute Gasteiger partial charge is 0.408 e. The highest BCUT2D eigenvalue weighted by Crippen LogP contribution is 2.22. The maximum absolute atomic E-state index is 13.6. The van der Waals surface area contributed by atoms with Gasteiger partial charge in [-0.3, -0.25) is 14.9 Å². The molecular formula is C23H20FN3O5. The summed E-state index contributed by atoms with van der Waals surface area (Å²) in [6, 6.07) is 20.0. The quantitative estimate of drug-likeness (QED) is 0.405. The molecule has 0 spiro atoms. The van der Waals surface area contributed by atoms with Gasteiger partial charge in [-0.25, -0.2) is 4.79 Å². The summed E-state index contributed by atoms with van der Waals surface area (Å²) in [6.07, 6.45) is -0.647. The van der Waals surface area contributed by atoms with Gasteiger partial charge in [0, 0.05) is 18.2 Å². The Kier molecular flexibility index (Phi) is 7.47. The zero-order valence-corrected chi connectivity index (χ0v) is 16.9. The number of alkyl carbamates (subject to hydrolysis) is 1. The minimum Gasteiger partial charge on any atom is -0.445 e. The van der Waals surface area contributed by atoms with Gasteiger partial charge in [0.1, 0.15) is 12.6 Å². The van der Waals surface area contributed by atoms with E-state index in [1.807, 2.05) is 24.3 Å². The number of nitrogens with zero attached hydrogens (tertiary/aromatic N) is 1. The number of nitro groups is 1. The second kappa shape index (κ2) is 10.7. The van der Waals surface area contributed by atoms with Gasteiger partial charge in [0.05, 0.1) is 4.92 Å². The molecule has 1 atom stereocenters. The summed E-state index contributed by atoms with van der Waals surface area (Å²) in [4.78, 5) is 35.2. The SMILES string of the molecule is O=C(N[C@H](Cc1ccccc1)C(=O)Nc1ccc(F)c([N+](=O)[O-])c1)OCc1ccccc1. The van der Waals surface area contributed by atoms with Gasteiger partial charge in [-0.15, -0.1) is 0 Å². The molecule has 164 valence electrons. The van der Waals surface area contributed by atoms with Crippen LogP contribution in [0.4, 0.5) is 20.6 Å². The maximum Gasteiger partial charge on any atom is 0.408 e. The fraction of sp³-hybridized carbons (Fsp3) is 0.130. The van der Waals surface area contributed by atoms with Gasteiger partial charge in [0.15, 0.2) is 0 Å². The second-order valence-corrected chi connectivity index (χ2v) is 6.86. The molecule has 3 aromatic rings. The molecule has 0 saturated carbocycles. The first kappa shape index (κ1) is 22.4. The summed E-state index contributed by atoms with van der Waals surface area (Å²) >= 11 is 0. The highest BCUT2D eigenvalue weighted by Gasteiger charge is 2.23. The lowest BCUT2D eigenvalue weighted by atomic mass is 10.1. The van der Waals surface area contributed by atoms with E-state index < -0.39 is 34.5 Å². The number of carbonyl (C=O) groups is 2. The highest BCUT2D eigenvalue weighted by molar-refractivity contribution is 5.97. The van der Waals surface area contributed by atoms with Gasteiger partial charge < -0.3 is 15.4 Å². The molecule has 0 aliphatic carbocycles. The third-order valence-electron chi connectivity index (χ3n) is 4.51.